The molecule has 0 saturated heterocycles. The number of rotatable bonds is 11. The zero-order chi connectivity index (χ0) is 28.2. The first-order valence-electron chi connectivity index (χ1n) is 13.1. The summed E-state index contributed by atoms with van der Waals surface area (Å²) in [5.41, 5.74) is 6.02. The van der Waals surface area contributed by atoms with Crippen LogP contribution in [0.15, 0.2) is 48.5 Å². The van der Waals surface area contributed by atoms with Crippen molar-refractivity contribution in [2.75, 3.05) is 7.11 Å². The SMILES string of the molecule is CCCCc1nn(CC(F)(F)F)c(COC)c1Cc1ccc(-c2ccccc2-c2nnn[n]2[Sn]([CH3])([CH3])[CH3])cc1. The molecule has 2 aromatic carbocycles. The molecule has 208 valence electrons. The maximum atomic E-state index is 13.3. The van der Waals surface area contributed by atoms with Gasteiger partial charge in [-0.1, -0.05) is 13.3 Å². The second-order valence-corrected chi connectivity index (χ2v) is 24.3. The van der Waals surface area contributed by atoms with Gasteiger partial charge in [-0.25, -0.2) is 0 Å². The van der Waals surface area contributed by atoms with E-state index < -0.39 is 31.4 Å². The zero-order valence-corrected chi connectivity index (χ0v) is 25.9. The zero-order valence-electron chi connectivity index (χ0n) is 23.1. The Bertz CT molecular complexity index is 1390. The van der Waals surface area contributed by atoms with Crippen molar-refractivity contribution in [3.8, 4) is 22.5 Å². The van der Waals surface area contributed by atoms with Gasteiger partial charge in [0.1, 0.15) is 6.54 Å². The molecule has 0 spiro atoms. The van der Waals surface area contributed by atoms with Crippen molar-refractivity contribution < 1.29 is 17.9 Å². The molecule has 4 rings (SSSR count). The van der Waals surface area contributed by atoms with Gasteiger partial charge in [0.05, 0.1) is 0 Å². The van der Waals surface area contributed by atoms with E-state index in [2.05, 4.69) is 48.4 Å². The molecule has 0 aliphatic rings. The van der Waals surface area contributed by atoms with Crippen LogP contribution in [-0.4, -0.2) is 60.1 Å². The van der Waals surface area contributed by atoms with E-state index in [1.807, 2.05) is 45.4 Å². The first-order valence-corrected chi connectivity index (χ1v) is 23.0. The van der Waals surface area contributed by atoms with Crippen LogP contribution in [0, 0.1) is 0 Å². The van der Waals surface area contributed by atoms with Crippen LogP contribution in [-0.2, 0) is 30.7 Å². The fourth-order valence-electron chi connectivity index (χ4n) is 4.68. The molecule has 0 saturated carbocycles. The van der Waals surface area contributed by atoms with Crippen molar-refractivity contribution >= 4 is 18.7 Å². The molecule has 0 bridgehead atoms. The number of tetrazole rings is 1. The summed E-state index contributed by atoms with van der Waals surface area (Å²) in [6.45, 7) is 1.00. The summed E-state index contributed by atoms with van der Waals surface area (Å²) in [4.78, 5) is 6.78. The molecule has 0 aliphatic carbocycles. The van der Waals surface area contributed by atoms with Crippen LogP contribution in [0.5, 0.6) is 0 Å². The summed E-state index contributed by atoms with van der Waals surface area (Å²) in [5.74, 6) is 0.778. The van der Waals surface area contributed by atoms with Crippen LogP contribution in [0.3, 0.4) is 0 Å². The molecule has 39 heavy (non-hydrogen) atoms. The molecular formula is C28H35F3N6OSn. The minimum absolute atomic E-state index is 0.0729. The maximum absolute atomic E-state index is 13.3. The van der Waals surface area contributed by atoms with Crippen LogP contribution < -0.4 is 0 Å². The Morgan fingerprint density at radius 2 is 1.67 bits per heavy atom. The van der Waals surface area contributed by atoms with Gasteiger partial charge in [-0.05, 0) is 6.42 Å². The third-order valence-electron chi connectivity index (χ3n) is 6.55. The van der Waals surface area contributed by atoms with E-state index in [4.69, 9.17) is 4.74 Å². The second kappa shape index (κ2) is 12.2. The second-order valence-electron chi connectivity index (χ2n) is 10.7. The third-order valence-corrected chi connectivity index (χ3v) is 11.0. The van der Waals surface area contributed by atoms with Crippen LogP contribution in [0.25, 0.3) is 22.5 Å². The molecule has 0 radical (unpaired) electrons. The number of aryl methyl sites for hydroxylation is 1. The number of alkyl halides is 3. The van der Waals surface area contributed by atoms with Crippen molar-refractivity contribution in [3.63, 3.8) is 0 Å². The van der Waals surface area contributed by atoms with E-state index >= 15 is 0 Å². The average molecular weight is 647 g/mol. The number of methoxy groups -OCH3 is 1. The van der Waals surface area contributed by atoms with Gasteiger partial charge in [-0.15, -0.1) is 0 Å². The Kier molecular flexibility index (Phi) is 9.15. The Morgan fingerprint density at radius 1 is 0.974 bits per heavy atom. The normalized spacial score (nSPS) is 12.3. The first kappa shape index (κ1) is 29.3. The molecule has 11 heteroatoms. The molecule has 0 atom stereocenters. The van der Waals surface area contributed by atoms with Gasteiger partial charge in [0.15, 0.2) is 0 Å². The van der Waals surface area contributed by atoms with E-state index in [0.717, 1.165) is 51.2 Å². The van der Waals surface area contributed by atoms with Crippen molar-refractivity contribution in [3.05, 3.63) is 71.0 Å². The van der Waals surface area contributed by atoms with E-state index in [-0.39, 0.29) is 6.61 Å². The topological polar surface area (TPSA) is 70.7 Å². The summed E-state index contributed by atoms with van der Waals surface area (Å²) in [5, 5.41) is 17.0. The van der Waals surface area contributed by atoms with Crippen LogP contribution in [0.4, 0.5) is 13.2 Å². The fourth-order valence-corrected chi connectivity index (χ4v) is 7.84. The number of ether oxygens (including phenoxy) is 1. The predicted molar refractivity (Wildman–Crippen MR) is 148 cm³/mol. The number of nitrogens with zero attached hydrogens (tertiary/aromatic N) is 6. The Labute approximate surface area is 231 Å². The molecule has 2 heterocycles. The molecule has 0 fully saturated rings. The van der Waals surface area contributed by atoms with Crippen molar-refractivity contribution in [2.45, 2.75) is 66.8 Å². The van der Waals surface area contributed by atoms with Crippen LogP contribution in [0.1, 0.15) is 42.3 Å². The number of hydrogen-bond donors (Lipinski definition) is 0. The molecule has 7 nitrogen and oxygen atoms in total. The number of halogens is 3. The standard InChI is InChI=1S/C25H26F3N6O.3CH3.Sn/c1-3-4-9-22-21(23(15-35-2)34(31-22)16-25(26,27)28)14-17-10-12-18(13-11-17)19-7-5-6-8-20(19)24-29-32-33-30-24;;;;/h5-8,10-13H,3-4,9,14-16H2,1-2H3;3*1H3;/q-1;;;;+1. The van der Waals surface area contributed by atoms with E-state index in [0.29, 0.717) is 24.2 Å². The Balaban J connectivity index is 1.68. The van der Waals surface area contributed by atoms with Gasteiger partial charge in [0.2, 0.25) is 0 Å². The van der Waals surface area contributed by atoms with Gasteiger partial charge < -0.3 is 4.74 Å². The summed E-state index contributed by atoms with van der Waals surface area (Å²) in [6.07, 6.45) is -1.46. The monoisotopic (exact) mass is 648 g/mol. The number of hydrogen-bond acceptors (Lipinski definition) is 5. The number of unbranched alkanes of at least 4 members (excludes halogenated alkanes) is 1. The summed E-state index contributed by atoms with van der Waals surface area (Å²) in [6, 6.07) is 16.2. The van der Waals surface area contributed by atoms with Crippen molar-refractivity contribution in [1.29, 1.82) is 0 Å². The van der Waals surface area contributed by atoms with Crippen molar-refractivity contribution in [2.24, 2.45) is 0 Å². The quantitative estimate of drug-likeness (QED) is 0.173. The van der Waals surface area contributed by atoms with Crippen LogP contribution >= 0.6 is 0 Å². The molecular weight excluding hydrogens is 612 g/mol. The number of benzene rings is 2. The van der Waals surface area contributed by atoms with Crippen LogP contribution in [0.2, 0.25) is 14.8 Å². The number of aromatic nitrogens is 6. The molecule has 0 aliphatic heterocycles. The molecule has 0 N–H and O–H groups in total. The van der Waals surface area contributed by atoms with Gasteiger partial charge in [-0.2, -0.15) is 13.2 Å². The summed E-state index contributed by atoms with van der Waals surface area (Å²) >= 11 is -2.62. The predicted octanol–water partition coefficient (Wildman–Crippen LogP) is 6.53. The Morgan fingerprint density at radius 3 is 2.28 bits per heavy atom. The third kappa shape index (κ3) is 7.08. The fraction of sp³-hybridized carbons (Fsp3) is 0.429. The van der Waals surface area contributed by atoms with Gasteiger partial charge in [0, 0.05) is 7.11 Å². The molecule has 4 aromatic rings. The molecule has 2 aromatic heterocycles. The van der Waals surface area contributed by atoms with Crippen molar-refractivity contribution in [1.82, 2.24) is 28.2 Å². The average Bonchev–Trinajstić information content (AvgIpc) is 3.49. The van der Waals surface area contributed by atoms with Gasteiger partial charge in [-0.3, -0.25) is 0 Å². The molecule has 0 unspecified atom stereocenters. The van der Waals surface area contributed by atoms with Gasteiger partial charge in [0.25, 0.3) is 0 Å². The minimum atomic E-state index is -4.36. The summed E-state index contributed by atoms with van der Waals surface area (Å²) in [7, 11) is 1.49. The van der Waals surface area contributed by atoms with Gasteiger partial charge >= 0.3 is 181 Å². The first-order chi connectivity index (χ1) is 18.5. The van der Waals surface area contributed by atoms with E-state index in [1.54, 1.807) is 0 Å². The van der Waals surface area contributed by atoms with E-state index in [9.17, 15) is 13.2 Å². The molecule has 0 amide bonds. The Hall–Kier alpha value is -2.73. The summed E-state index contributed by atoms with van der Waals surface area (Å²) < 4.78 is 48.3. The van der Waals surface area contributed by atoms with E-state index in [1.165, 1.54) is 7.11 Å².